The van der Waals surface area contributed by atoms with Crippen molar-refractivity contribution in [1.29, 1.82) is 0 Å². The van der Waals surface area contributed by atoms with Gasteiger partial charge >= 0.3 is 0 Å². The van der Waals surface area contributed by atoms with Gasteiger partial charge in [-0.25, -0.2) is 8.42 Å². The molecule has 100 valence electrons. The summed E-state index contributed by atoms with van der Waals surface area (Å²) in [6.07, 6.45) is 0.866. The van der Waals surface area contributed by atoms with Crippen molar-refractivity contribution in [2.75, 3.05) is 39.0 Å². The maximum atomic E-state index is 12.4. The van der Waals surface area contributed by atoms with Crippen LogP contribution in [0.25, 0.3) is 0 Å². The molecule has 0 unspecified atom stereocenters. The van der Waals surface area contributed by atoms with Crippen LogP contribution < -0.4 is 5.73 Å². The zero-order valence-electron chi connectivity index (χ0n) is 10.5. The topological polar surface area (TPSA) is 66.6 Å². The zero-order chi connectivity index (χ0) is 13.2. The molecule has 1 aliphatic heterocycles. The van der Waals surface area contributed by atoms with Crippen LogP contribution in [0.1, 0.15) is 6.42 Å². The van der Waals surface area contributed by atoms with E-state index in [1.165, 1.54) is 0 Å². The van der Waals surface area contributed by atoms with E-state index in [9.17, 15) is 8.42 Å². The van der Waals surface area contributed by atoms with Crippen molar-refractivity contribution in [3.05, 3.63) is 24.3 Å². The molecular formula is C12H19N3O2S. The van der Waals surface area contributed by atoms with E-state index < -0.39 is 10.0 Å². The predicted molar refractivity (Wildman–Crippen MR) is 71.7 cm³/mol. The van der Waals surface area contributed by atoms with Crippen LogP contribution in [0.2, 0.25) is 0 Å². The zero-order valence-corrected chi connectivity index (χ0v) is 11.4. The average molecular weight is 269 g/mol. The average Bonchev–Trinajstić information content (AvgIpc) is 2.55. The van der Waals surface area contributed by atoms with Gasteiger partial charge in [0.2, 0.25) is 10.0 Å². The van der Waals surface area contributed by atoms with E-state index in [2.05, 4.69) is 4.90 Å². The number of hydrogen-bond acceptors (Lipinski definition) is 4. The normalized spacial score (nSPS) is 19.6. The molecule has 1 fully saturated rings. The van der Waals surface area contributed by atoms with E-state index in [-0.39, 0.29) is 0 Å². The highest BCUT2D eigenvalue weighted by Crippen LogP contribution is 2.18. The summed E-state index contributed by atoms with van der Waals surface area (Å²) in [6.45, 7) is 2.84. The second-order valence-corrected chi connectivity index (χ2v) is 6.57. The molecule has 1 heterocycles. The number of nitrogens with zero attached hydrogens (tertiary/aromatic N) is 2. The molecule has 0 spiro atoms. The highest BCUT2D eigenvalue weighted by atomic mass is 32.2. The second-order valence-electron chi connectivity index (χ2n) is 4.63. The molecule has 2 rings (SSSR count). The van der Waals surface area contributed by atoms with Crippen LogP contribution in [0.15, 0.2) is 29.2 Å². The van der Waals surface area contributed by atoms with Crippen LogP contribution in [0.4, 0.5) is 5.69 Å². The lowest BCUT2D eigenvalue weighted by atomic mass is 10.3. The molecule has 0 atom stereocenters. The number of benzene rings is 1. The molecule has 1 aromatic rings. The van der Waals surface area contributed by atoms with Gasteiger partial charge in [0.25, 0.3) is 0 Å². The second kappa shape index (κ2) is 5.26. The first kappa shape index (κ1) is 13.3. The quantitative estimate of drug-likeness (QED) is 0.798. The van der Waals surface area contributed by atoms with Gasteiger partial charge in [-0.05, 0) is 44.3 Å². The Kier molecular flexibility index (Phi) is 3.89. The van der Waals surface area contributed by atoms with Gasteiger partial charge in [0.05, 0.1) is 4.90 Å². The van der Waals surface area contributed by atoms with Crippen LogP contribution in [-0.2, 0) is 10.0 Å². The van der Waals surface area contributed by atoms with E-state index >= 15 is 0 Å². The maximum Gasteiger partial charge on any atom is 0.243 e. The molecule has 5 nitrogen and oxygen atoms in total. The highest BCUT2D eigenvalue weighted by Gasteiger charge is 2.25. The molecule has 0 aromatic heterocycles. The first-order valence-electron chi connectivity index (χ1n) is 6.04. The van der Waals surface area contributed by atoms with Crippen LogP contribution in [0.5, 0.6) is 0 Å². The lowest BCUT2D eigenvalue weighted by molar-refractivity contribution is 0.347. The number of anilines is 1. The summed E-state index contributed by atoms with van der Waals surface area (Å²) in [6, 6.07) is 6.38. The Balaban J connectivity index is 2.22. The van der Waals surface area contributed by atoms with Gasteiger partial charge in [0.15, 0.2) is 0 Å². The largest absolute Gasteiger partial charge is 0.399 e. The minimum Gasteiger partial charge on any atom is -0.399 e. The molecule has 1 saturated heterocycles. The van der Waals surface area contributed by atoms with Gasteiger partial charge in [-0.15, -0.1) is 0 Å². The van der Waals surface area contributed by atoms with E-state index in [1.807, 2.05) is 7.05 Å². The summed E-state index contributed by atoms with van der Waals surface area (Å²) < 4.78 is 26.4. The molecular weight excluding hydrogens is 250 g/mol. The maximum absolute atomic E-state index is 12.4. The van der Waals surface area contributed by atoms with Crippen molar-refractivity contribution in [3.63, 3.8) is 0 Å². The van der Waals surface area contributed by atoms with Crippen LogP contribution in [0.3, 0.4) is 0 Å². The van der Waals surface area contributed by atoms with Gasteiger partial charge in [0, 0.05) is 25.3 Å². The molecule has 0 amide bonds. The monoisotopic (exact) mass is 269 g/mol. The number of likely N-dealkylation sites (N-methyl/N-ethyl adjacent to an activating group) is 1. The number of nitrogen functional groups attached to an aromatic ring is 1. The number of nitrogens with two attached hydrogens (primary N) is 1. The smallest absolute Gasteiger partial charge is 0.243 e. The van der Waals surface area contributed by atoms with Gasteiger partial charge in [-0.2, -0.15) is 4.31 Å². The van der Waals surface area contributed by atoms with E-state index in [0.717, 1.165) is 19.5 Å². The van der Waals surface area contributed by atoms with Crippen LogP contribution >= 0.6 is 0 Å². The number of hydrogen-bond donors (Lipinski definition) is 1. The fourth-order valence-electron chi connectivity index (χ4n) is 2.05. The Hall–Kier alpha value is -1.11. The molecule has 1 aliphatic rings. The van der Waals surface area contributed by atoms with E-state index in [1.54, 1.807) is 28.6 Å². The lowest BCUT2D eigenvalue weighted by Crippen LogP contribution is -2.34. The Morgan fingerprint density at radius 3 is 2.39 bits per heavy atom. The minimum atomic E-state index is -3.37. The third-order valence-electron chi connectivity index (χ3n) is 3.20. The van der Waals surface area contributed by atoms with Crippen LogP contribution in [0, 0.1) is 0 Å². The summed E-state index contributed by atoms with van der Waals surface area (Å²) in [5.41, 5.74) is 6.15. The first-order valence-corrected chi connectivity index (χ1v) is 7.48. The van der Waals surface area contributed by atoms with E-state index in [0.29, 0.717) is 23.7 Å². The van der Waals surface area contributed by atoms with Crippen molar-refractivity contribution in [3.8, 4) is 0 Å². The van der Waals surface area contributed by atoms with E-state index in [4.69, 9.17) is 5.73 Å². The van der Waals surface area contributed by atoms with Crippen molar-refractivity contribution in [2.24, 2.45) is 0 Å². The van der Waals surface area contributed by atoms with Crippen molar-refractivity contribution in [1.82, 2.24) is 9.21 Å². The Morgan fingerprint density at radius 2 is 1.72 bits per heavy atom. The predicted octanol–water partition coefficient (Wildman–Crippen LogP) is 0.595. The molecule has 18 heavy (non-hydrogen) atoms. The third-order valence-corrected chi connectivity index (χ3v) is 5.11. The van der Waals surface area contributed by atoms with Gasteiger partial charge in [-0.3, -0.25) is 0 Å². The summed E-state index contributed by atoms with van der Waals surface area (Å²) in [5.74, 6) is 0. The number of sulfonamides is 1. The molecule has 0 saturated carbocycles. The number of rotatable bonds is 2. The first-order chi connectivity index (χ1) is 8.50. The standard InChI is InChI=1S/C12H19N3O2S/c1-14-7-2-8-15(10-9-14)18(16,17)12-5-3-11(13)4-6-12/h3-6H,2,7-10,13H2,1H3. The Bertz CT molecular complexity index is 499. The summed E-state index contributed by atoms with van der Waals surface area (Å²) >= 11 is 0. The van der Waals surface area contributed by atoms with Crippen molar-refractivity contribution < 1.29 is 8.42 Å². The third kappa shape index (κ3) is 2.82. The van der Waals surface area contributed by atoms with Crippen LogP contribution in [-0.4, -0.2) is 50.8 Å². The summed E-state index contributed by atoms with van der Waals surface area (Å²) in [5, 5.41) is 0. The molecule has 0 radical (unpaired) electrons. The molecule has 1 aromatic carbocycles. The van der Waals surface area contributed by atoms with Crippen molar-refractivity contribution >= 4 is 15.7 Å². The van der Waals surface area contributed by atoms with Crippen molar-refractivity contribution in [2.45, 2.75) is 11.3 Å². The minimum absolute atomic E-state index is 0.321. The Morgan fingerprint density at radius 1 is 1.06 bits per heavy atom. The molecule has 2 N–H and O–H groups in total. The highest BCUT2D eigenvalue weighted by molar-refractivity contribution is 7.89. The molecule has 0 bridgehead atoms. The summed E-state index contributed by atoms with van der Waals surface area (Å²) in [7, 11) is -1.36. The summed E-state index contributed by atoms with van der Waals surface area (Å²) in [4.78, 5) is 2.47. The van der Waals surface area contributed by atoms with Gasteiger partial charge < -0.3 is 10.6 Å². The lowest BCUT2D eigenvalue weighted by Gasteiger charge is -2.20. The SMILES string of the molecule is CN1CCCN(S(=O)(=O)c2ccc(N)cc2)CC1. The Labute approximate surface area is 108 Å². The fraction of sp³-hybridized carbons (Fsp3) is 0.500. The molecule has 0 aliphatic carbocycles. The fourth-order valence-corrected chi connectivity index (χ4v) is 3.52. The van der Waals surface area contributed by atoms with Gasteiger partial charge in [0.1, 0.15) is 0 Å². The van der Waals surface area contributed by atoms with Gasteiger partial charge in [-0.1, -0.05) is 0 Å². The molecule has 6 heteroatoms.